The zero-order chi connectivity index (χ0) is 13.3. The molecule has 0 aliphatic carbocycles. The van der Waals surface area contributed by atoms with E-state index < -0.39 is 15.7 Å². The maximum absolute atomic E-state index is 11.9. The van der Waals surface area contributed by atoms with E-state index in [0.29, 0.717) is 6.42 Å². The Morgan fingerprint density at radius 1 is 1.33 bits per heavy atom. The van der Waals surface area contributed by atoms with Gasteiger partial charge in [0.05, 0.1) is 11.5 Å². The highest BCUT2D eigenvalue weighted by molar-refractivity contribution is 7.91. The number of rotatable bonds is 2. The highest BCUT2D eigenvalue weighted by Gasteiger charge is 2.29. The fraction of sp³-hybridized carbons (Fsp3) is 0.400. The number of nitrogens with one attached hydrogen (secondary N) is 1. The van der Waals surface area contributed by atoms with Gasteiger partial charge in [0.2, 0.25) is 0 Å². The van der Waals surface area contributed by atoms with Crippen LogP contribution in [0.15, 0.2) is 12.1 Å². The largest absolute Gasteiger partial charge is 0.348 e. The molecule has 1 saturated heterocycles. The average molecular weight is 309 g/mol. The first-order chi connectivity index (χ1) is 8.35. The molecule has 0 aromatic carbocycles. The molecule has 1 amide bonds. The zero-order valence-corrected chi connectivity index (χ0v) is 11.5. The summed E-state index contributed by atoms with van der Waals surface area (Å²) in [6.07, 6.45) is 0.431. The van der Waals surface area contributed by atoms with E-state index in [2.05, 4.69) is 10.3 Å². The molecule has 2 rings (SSSR count). The molecule has 1 aromatic rings. The van der Waals surface area contributed by atoms with Gasteiger partial charge in [-0.25, -0.2) is 13.4 Å². The Hall–Kier alpha value is -0.850. The maximum atomic E-state index is 11.9. The Morgan fingerprint density at radius 2 is 1.94 bits per heavy atom. The third-order valence-electron chi connectivity index (χ3n) is 2.59. The van der Waals surface area contributed by atoms with Crippen LogP contribution in [0.4, 0.5) is 0 Å². The first-order valence-corrected chi connectivity index (χ1v) is 7.78. The summed E-state index contributed by atoms with van der Waals surface area (Å²) in [7, 11) is -3.02. The minimum atomic E-state index is -3.02. The topological polar surface area (TPSA) is 76.1 Å². The second-order valence-electron chi connectivity index (χ2n) is 4.07. The van der Waals surface area contributed by atoms with Crippen LogP contribution >= 0.6 is 23.2 Å². The highest BCUT2D eigenvalue weighted by Crippen LogP contribution is 2.16. The number of halogens is 2. The maximum Gasteiger partial charge on any atom is 0.251 e. The Labute approximate surface area is 114 Å². The monoisotopic (exact) mass is 308 g/mol. The van der Waals surface area contributed by atoms with Gasteiger partial charge in [0.15, 0.2) is 9.84 Å². The van der Waals surface area contributed by atoms with E-state index in [0.717, 1.165) is 0 Å². The highest BCUT2D eigenvalue weighted by atomic mass is 35.5. The predicted octanol–water partition coefficient (Wildman–Crippen LogP) is 1.31. The number of nitrogens with zero attached hydrogens (tertiary/aromatic N) is 1. The van der Waals surface area contributed by atoms with Gasteiger partial charge < -0.3 is 5.32 Å². The number of carbonyl (C=O) groups excluding carboxylic acids is 1. The van der Waals surface area contributed by atoms with Crippen LogP contribution in [0.5, 0.6) is 0 Å². The summed E-state index contributed by atoms with van der Waals surface area (Å²) in [4.78, 5) is 15.6. The number of amides is 1. The quantitative estimate of drug-likeness (QED) is 0.836. The van der Waals surface area contributed by atoms with E-state index in [4.69, 9.17) is 23.2 Å². The van der Waals surface area contributed by atoms with E-state index in [9.17, 15) is 13.2 Å². The van der Waals surface area contributed by atoms with Gasteiger partial charge in [-0.05, 0) is 18.6 Å². The van der Waals surface area contributed by atoms with Crippen molar-refractivity contribution in [2.45, 2.75) is 12.5 Å². The molecule has 8 heteroatoms. The summed E-state index contributed by atoms with van der Waals surface area (Å²) in [5.74, 6) is -0.315. The third kappa shape index (κ3) is 3.34. The van der Waals surface area contributed by atoms with Gasteiger partial charge in [0.1, 0.15) is 10.3 Å². The van der Waals surface area contributed by atoms with Crippen molar-refractivity contribution in [3.05, 3.63) is 28.0 Å². The van der Waals surface area contributed by atoms with E-state index in [-0.39, 0.29) is 33.4 Å². The van der Waals surface area contributed by atoms with Crippen LogP contribution in [0.25, 0.3) is 0 Å². The lowest BCUT2D eigenvalue weighted by atomic mass is 10.2. The van der Waals surface area contributed by atoms with Crippen LogP contribution in [-0.4, -0.2) is 36.9 Å². The molecule has 0 radical (unpaired) electrons. The first-order valence-electron chi connectivity index (χ1n) is 5.20. The summed E-state index contributed by atoms with van der Waals surface area (Å²) in [5, 5.41) is 2.88. The van der Waals surface area contributed by atoms with Gasteiger partial charge >= 0.3 is 0 Å². The van der Waals surface area contributed by atoms with Crippen LogP contribution in [0.3, 0.4) is 0 Å². The van der Waals surface area contributed by atoms with Crippen LogP contribution in [0.1, 0.15) is 16.8 Å². The molecular weight excluding hydrogens is 299 g/mol. The zero-order valence-electron chi connectivity index (χ0n) is 9.19. The van der Waals surface area contributed by atoms with Gasteiger partial charge in [-0.1, -0.05) is 23.2 Å². The van der Waals surface area contributed by atoms with E-state index >= 15 is 0 Å². The van der Waals surface area contributed by atoms with Crippen LogP contribution < -0.4 is 5.32 Å². The Bertz CT molecular complexity index is 569. The van der Waals surface area contributed by atoms with Crippen molar-refractivity contribution in [2.75, 3.05) is 11.5 Å². The molecule has 1 aromatic heterocycles. The molecule has 0 bridgehead atoms. The number of aromatic nitrogens is 1. The normalized spacial score (nSPS) is 21.8. The minimum absolute atomic E-state index is 0.0225. The molecule has 1 unspecified atom stereocenters. The molecule has 18 heavy (non-hydrogen) atoms. The number of hydrogen-bond acceptors (Lipinski definition) is 4. The predicted molar refractivity (Wildman–Crippen MR) is 68.8 cm³/mol. The lowest BCUT2D eigenvalue weighted by molar-refractivity contribution is 0.0941. The van der Waals surface area contributed by atoms with Crippen LogP contribution in [-0.2, 0) is 9.84 Å². The molecular formula is C10H10Cl2N2O3S. The lowest BCUT2D eigenvalue weighted by Crippen LogP contribution is -2.35. The first kappa shape index (κ1) is 13.6. The Balaban J connectivity index is 2.08. The number of sulfone groups is 1. The summed E-state index contributed by atoms with van der Waals surface area (Å²) < 4.78 is 22.5. The van der Waals surface area contributed by atoms with Crippen molar-refractivity contribution in [3.63, 3.8) is 0 Å². The summed E-state index contributed by atoms with van der Waals surface area (Å²) in [5.41, 5.74) is 0.268. The van der Waals surface area contributed by atoms with Crippen molar-refractivity contribution < 1.29 is 13.2 Å². The fourth-order valence-electron chi connectivity index (χ4n) is 1.77. The molecule has 1 aliphatic rings. The van der Waals surface area contributed by atoms with Crippen LogP contribution in [0.2, 0.25) is 10.3 Å². The smallest absolute Gasteiger partial charge is 0.251 e. The SMILES string of the molecule is O=C(NC1CCS(=O)(=O)C1)c1cc(Cl)nc(Cl)c1. The Morgan fingerprint density at radius 3 is 2.44 bits per heavy atom. The number of carbonyl (C=O) groups is 1. The van der Waals surface area contributed by atoms with E-state index in [1.165, 1.54) is 12.1 Å². The Kier molecular flexibility index (Phi) is 3.79. The molecule has 1 aliphatic heterocycles. The van der Waals surface area contributed by atoms with Gasteiger partial charge in [-0.15, -0.1) is 0 Å². The molecule has 1 N–H and O–H groups in total. The van der Waals surface area contributed by atoms with Gasteiger partial charge in [-0.3, -0.25) is 4.79 Å². The summed E-state index contributed by atoms with van der Waals surface area (Å²) in [6.45, 7) is 0. The van der Waals surface area contributed by atoms with Gasteiger partial charge in [0.25, 0.3) is 5.91 Å². The van der Waals surface area contributed by atoms with Crippen molar-refractivity contribution in [1.82, 2.24) is 10.3 Å². The molecule has 5 nitrogen and oxygen atoms in total. The van der Waals surface area contributed by atoms with Gasteiger partial charge in [-0.2, -0.15) is 0 Å². The molecule has 0 spiro atoms. The average Bonchev–Trinajstić information content (AvgIpc) is 2.56. The van der Waals surface area contributed by atoms with E-state index in [1.54, 1.807) is 0 Å². The van der Waals surface area contributed by atoms with Crippen LogP contribution in [0, 0.1) is 0 Å². The third-order valence-corrected chi connectivity index (χ3v) is 4.75. The van der Waals surface area contributed by atoms with Crippen molar-refractivity contribution in [1.29, 1.82) is 0 Å². The molecule has 0 saturated carbocycles. The van der Waals surface area contributed by atoms with Crippen molar-refractivity contribution in [3.8, 4) is 0 Å². The van der Waals surface area contributed by atoms with Crippen molar-refractivity contribution >= 4 is 38.9 Å². The second kappa shape index (κ2) is 5.03. The summed E-state index contributed by atoms with van der Waals surface area (Å²) >= 11 is 11.4. The number of hydrogen-bond donors (Lipinski definition) is 1. The lowest BCUT2D eigenvalue weighted by Gasteiger charge is -2.10. The molecule has 2 heterocycles. The summed E-state index contributed by atoms with van der Waals surface area (Å²) in [6, 6.07) is 2.41. The fourth-order valence-corrected chi connectivity index (χ4v) is 3.91. The molecule has 1 atom stereocenters. The molecule has 98 valence electrons. The minimum Gasteiger partial charge on any atom is -0.348 e. The second-order valence-corrected chi connectivity index (χ2v) is 7.08. The van der Waals surface area contributed by atoms with E-state index in [1.807, 2.05) is 0 Å². The number of pyridine rings is 1. The van der Waals surface area contributed by atoms with Gasteiger partial charge in [0, 0.05) is 11.6 Å². The van der Waals surface area contributed by atoms with Crippen molar-refractivity contribution in [2.24, 2.45) is 0 Å². The molecule has 1 fully saturated rings. The standard InChI is InChI=1S/C10H10Cl2N2O3S/c11-8-3-6(4-9(12)14-8)10(15)13-7-1-2-18(16,17)5-7/h3-4,7H,1-2,5H2,(H,13,15).